The summed E-state index contributed by atoms with van der Waals surface area (Å²) in [5.74, 6) is 0. The molecule has 10 heteroatoms. The molecule has 0 aliphatic rings. The first-order chi connectivity index (χ1) is 10.1. The summed E-state index contributed by atoms with van der Waals surface area (Å²) in [5, 5.41) is 0. The van der Waals surface area contributed by atoms with Gasteiger partial charge in [-0.1, -0.05) is 0 Å². The number of halogens is 3. The maximum atomic E-state index is 12.8. The predicted molar refractivity (Wildman–Crippen MR) is 87.2 cm³/mol. The van der Waals surface area contributed by atoms with E-state index in [1.165, 1.54) is 0 Å². The largest absolute Gasteiger partial charge is 0.523 e. The monoisotopic (exact) mass is 380 g/mol. The lowest BCUT2D eigenvalue weighted by atomic mass is 10.3. The number of rotatable bonds is 8. The van der Waals surface area contributed by atoms with Gasteiger partial charge in [-0.2, -0.15) is 21.6 Å². The van der Waals surface area contributed by atoms with Crippen molar-refractivity contribution in [3.05, 3.63) is 0 Å². The molecule has 0 amide bonds. The fraction of sp³-hybridized carbons (Fsp3) is 1.00. The molecule has 140 valence electrons. The summed E-state index contributed by atoms with van der Waals surface area (Å²) in [7, 11) is -7.81. The average Bonchev–Trinajstić information content (AvgIpc) is 2.23. The molecule has 0 aromatic heterocycles. The third-order valence-corrected chi connectivity index (χ3v) is 7.48. The van der Waals surface area contributed by atoms with Crippen LogP contribution in [0.5, 0.6) is 0 Å². The quantitative estimate of drug-likeness (QED) is 0.464. The summed E-state index contributed by atoms with van der Waals surface area (Å²) in [4.78, 5) is 0. The molecule has 0 aromatic rings. The van der Waals surface area contributed by atoms with Gasteiger partial charge in [-0.15, -0.1) is 0 Å². The van der Waals surface area contributed by atoms with Crippen LogP contribution in [-0.2, 0) is 14.1 Å². The molecule has 0 spiro atoms. The Morgan fingerprint density at radius 1 is 0.783 bits per heavy atom. The van der Waals surface area contributed by atoms with Crippen LogP contribution in [0.3, 0.4) is 0 Å². The van der Waals surface area contributed by atoms with Gasteiger partial charge in [0, 0.05) is 24.2 Å². The van der Waals surface area contributed by atoms with Crippen molar-refractivity contribution < 1.29 is 25.6 Å². The van der Waals surface area contributed by atoms with Crippen LogP contribution in [0.25, 0.3) is 0 Å². The van der Waals surface area contributed by atoms with Crippen LogP contribution in [0.4, 0.5) is 13.2 Å². The third kappa shape index (κ3) is 6.12. The van der Waals surface area contributed by atoms with E-state index in [0.717, 1.165) is 0 Å². The minimum Gasteiger partial charge on any atom is -0.241 e. The summed E-state index contributed by atoms with van der Waals surface area (Å²) in [6.07, 6.45) is 0. The zero-order valence-electron chi connectivity index (χ0n) is 14.9. The van der Waals surface area contributed by atoms with Gasteiger partial charge in [0.05, 0.1) is 0 Å². The Bertz CT molecular complexity index is 432. The van der Waals surface area contributed by atoms with E-state index in [0.29, 0.717) is 0 Å². The summed E-state index contributed by atoms with van der Waals surface area (Å²) in [5.41, 5.74) is -5.44. The molecule has 0 N–H and O–H groups in total. The Labute approximate surface area is 139 Å². The zero-order valence-corrected chi connectivity index (χ0v) is 16.6. The topological polar surface area (TPSA) is 49.9 Å². The molecule has 5 nitrogen and oxygen atoms in total. The van der Waals surface area contributed by atoms with E-state index < -0.39 is 24.1 Å². The van der Waals surface area contributed by atoms with Crippen LogP contribution in [-0.4, -0.2) is 47.4 Å². The standard InChI is InChI=1S/C13H28F3N2O3PS/c1-9(2)17(10(3)4)22(18(11(5)6)12(7)8)21-23(19,20)13(14,15)16/h9-12H,1-8H3. The van der Waals surface area contributed by atoms with Crippen LogP contribution in [0, 0.1) is 0 Å². The molecular formula is C13H28F3N2O3PS. The fourth-order valence-corrected chi connectivity index (χ4v) is 5.78. The van der Waals surface area contributed by atoms with Crippen molar-refractivity contribution in [2.24, 2.45) is 0 Å². The first kappa shape index (κ1) is 23.1. The molecule has 23 heavy (non-hydrogen) atoms. The van der Waals surface area contributed by atoms with Crippen molar-refractivity contribution in [1.82, 2.24) is 9.34 Å². The first-order valence-corrected chi connectivity index (χ1v) is 10.1. The maximum Gasteiger partial charge on any atom is 0.523 e. The van der Waals surface area contributed by atoms with Crippen LogP contribution in [0.2, 0.25) is 0 Å². The molecule has 0 aliphatic heterocycles. The Hall–Kier alpha value is 0.0500. The molecule has 0 saturated heterocycles. The average molecular weight is 380 g/mol. The normalized spacial score (nSPS) is 14.5. The van der Waals surface area contributed by atoms with Crippen LogP contribution in [0.15, 0.2) is 0 Å². The van der Waals surface area contributed by atoms with Crippen molar-refractivity contribution >= 4 is 18.6 Å². The van der Waals surface area contributed by atoms with Gasteiger partial charge in [0.15, 0.2) is 0 Å². The van der Waals surface area contributed by atoms with Crippen molar-refractivity contribution in [3.63, 3.8) is 0 Å². The van der Waals surface area contributed by atoms with Crippen molar-refractivity contribution in [3.8, 4) is 0 Å². The zero-order chi connectivity index (χ0) is 18.7. The molecule has 0 heterocycles. The van der Waals surface area contributed by atoms with Crippen LogP contribution < -0.4 is 0 Å². The molecule has 0 radical (unpaired) electrons. The predicted octanol–water partition coefficient (Wildman–Crippen LogP) is 4.32. The minimum absolute atomic E-state index is 0.176. The second-order valence-electron chi connectivity index (χ2n) is 6.36. The molecule has 0 rings (SSSR count). The lowest BCUT2D eigenvalue weighted by Gasteiger charge is -2.44. The van der Waals surface area contributed by atoms with E-state index >= 15 is 0 Å². The maximum absolute atomic E-state index is 12.8. The van der Waals surface area contributed by atoms with Gasteiger partial charge in [-0.05, 0) is 55.4 Å². The summed E-state index contributed by atoms with van der Waals surface area (Å²) in [6, 6.07) is -0.705. The Balaban J connectivity index is 6.00. The number of alkyl halides is 3. The smallest absolute Gasteiger partial charge is 0.241 e. The Kier molecular flexibility index (Phi) is 8.45. The van der Waals surface area contributed by atoms with E-state index in [-0.39, 0.29) is 24.2 Å². The molecule has 0 fully saturated rings. The van der Waals surface area contributed by atoms with E-state index in [1.807, 2.05) is 0 Å². The number of hydrogen-bond acceptors (Lipinski definition) is 5. The molecule has 0 saturated carbocycles. The van der Waals surface area contributed by atoms with E-state index in [9.17, 15) is 21.6 Å². The highest BCUT2D eigenvalue weighted by molar-refractivity contribution is 7.91. The molecule has 0 bridgehead atoms. The van der Waals surface area contributed by atoms with Crippen molar-refractivity contribution in [2.45, 2.75) is 85.1 Å². The Morgan fingerprint density at radius 2 is 1.04 bits per heavy atom. The van der Waals surface area contributed by atoms with Gasteiger partial charge in [-0.25, -0.2) is 13.3 Å². The highest BCUT2D eigenvalue weighted by Gasteiger charge is 2.51. The van der Waals surface area contributed by atoms with Crippen molar-refractivity contribution in [2.75, 3.05) is 0 Å². The van der Waals surface area contributed by atoms with Gasteiger partial charge in [0.2, 0.25) is 8.45 Å². The molecule has 0 unspecified atom stereocenters. The number of hydrogen-bond donors (Lipinski definition) is 0. The third-order valence-electron chi connectivity index (χ3n) is 2.96. The molecular weight excluding hydrogens is 352 g/mol. The highest BCUT2D eigenvalue weighted by atomic mass is 32.2. The van der Waals surface area contributed by atoms with Crippen molar-refractivity contribution in [1.29, 1.82) is 0 Å². The number of nitrogens with zero attached hydrogens (tertiary/aromatic N) is 2. The first-order valence-electron chi connectivity index (χ1n) is 7.51. The SMILES string of the molecule is CC(C)N(C(C)C)P(OS(=O)(=O)C(F)(F)F)N(C(C)C)C(C)C. The van der Waals surface area contributed by atoms with Crippen LogP contribution >= 0.6 is 8.45 Å². The summed E-state index contributed by atoms with van der Waals surface area (Å²) >= 11 is 0. The molecule has 0 aromatic carbocycles. The lowest BCUT2D eigenvalue weighted by Crippen LogP contribution is -2.44. The van der Waals surface area contributed by atoms with Crippen LogP contribution in [0.1, 0.15) is 55.4 Å². The van der Waals surface area contributed by atoms with E-state index in [4.69, 9.17) is 3.97 Å². The summed E-state index contributed by atoms with van der Waals surface area (Å²) in [6.45, 7) is 14.4. The van der Waals surface area contributed by atoms with Gasteiger partial charge >= 0.3 is 15.6 Å². The Morgan fingerprint density at radius 3 is 1.22 bits per heavy atom. The van der Waals surface area contributed by atoms with Gasteiger partial charge in [-0.3, -0.25) is 0 Å². The van der Waals surface area contributed by atoms with Gasteiger partial charge in [0.1, 0.15) is 0 Å². The molecule has 0 aliphatic carbocycles. The summed E-state index contributed by atoms with van der Waals surface area (Å²) < 4.78 is 69.6. The second kappa shape index (κ2) is 8.43. The highest BCUT2D eigenvalue weighted by Crippen LogP contribution is 2.53. The molecule has 0 atom stereocenters. The van der Waals surface area contributed by atoms with E-state index in [2.05, 4.69) is 0 Å². The minimum atomic E-state index is -5.68. The van der Waals surface area contributed by atoms with Gasteiger partial charge in [0.25, 0.3) is 0 Å². The second-order valence-corrected chi connectivity index (χ2v) is 9.76. The van der Waals surface area contributed by atoms with Gasteiger partial charge < -0.3 is 0 Å². The lowest BCUT2D eigenvalue weighted by molar-refractivity contribution is -0.0503. The van der Waals surface area contributed by atoms with E-state index in [1.54, 1.807) is 64.7 Å². The fourth-order valence-electron chi connectivity index (χ4n) is 2.31.